The second-order valence-electron chi connectivity index (χ2n) is 4.51. The lowest BCUT2D eigenvalue weighted by Crippen LogP contribution is -2.06. The molecule has 0 saturated heterocycles. The first-order valence-electron chi connectivity index (χ1n) is 6.90. The summed E-state index contributed by atoms with van der Waals surface area (Å²) in [6.45, 7) is 1.16. The number of unbranched alkanes of at least 4 members (excludes halogenated alkanes) is 9. The smallest absolute Gasteiger partial charge is 0.0695 e. The van der Waals surface area contributed by atoms with Crippen LogP contribution < -0.4 is 0 Å². The number of rotatable bonds is 13. The van der Waals surface area contributed by atoms with Crippen LogP contribution in [-0.4, -0.2) is 29.5 Å². The molecule has 0 spiro atoms. The van der Waals surface area contributed by atoms with Crippen molar-refractivity contribution in [3.8, 4) is 0 Å². The van der Waals surface area contributed by atoms with Crippen LogP contribution in [0.2, 0.25) is 0 Å². The molecule has 0 unspecified atom stereocenters. The molecular weight excluding hydrogens is 282 g/mol. The predicted molar refractivity (Wildman–Crippen MR) is 75.9 cm³/mol. The lowest BCUT2D eigenvalue weighted by molar-refractivity contribution is -0.0492. The van der Waals surface area contributed by atoms with Gasteiger partial charge in [-0.25, -0.2) is 0 Å². The number of hydrogen-bond acceptors (Lipinski definition) is 3. The first-order chi connectivity index (χ1) is 8.27. The molecule has 0 aliphatic rings. The van der Waals surface area contributed by atoms with E-state index in [1.165, 1.54) is 51.4 Å². The molecule has 0 amide bonds. The number of halogens is 1. The lowest BCUT2D eigenvalue weighted by Gasteiger charge is -2.07. The molecule has 0 fully saturated rings. The Morgan fingerprint density at radius 1 is 0.824 bits per heavy atom. The van der Waals surface area contributed by atoms with Gasteiger partial charge in [-0.05, 0) is 12.8 Å². The van der Waals surface area contributed by atoms with Gasteiger partial charge < -0.3 is 5.11 Å². The first-order valence-corrected chi connectivity index (χ1v) is 7.61. The highest BCUT2D eigenvalue weighted by Gasteiger charge is 1.94. The predicted octanol–water partition coefficient (Wildman–Crippen LogP) is 4.05. The van der Waals surface area contributed by atoms with Crippen molar-refractivity contribution in [3.63, 3.8) is 0 Å². The number of hydrogen-bond donors (Lipinski definition) is 1. The molecule has 0 aliphatic carbocycles. The normalized spacial score (nSPS) is 11.3. The van der Waals surface area contributed by atoms with Crippen molar-refractivity contribution >= 4 is 16.1 Å². The average molecular weight is 310 g/mol. The molecule has 0 bridgehead atoms. The maximum absolute atomic E-state index is 8.63. The summed E-state index contributed by atoms with van der Waals surface area (Å²) in [6, 6.07) is 0. The van der Waals surface area contributed by atoms with Crippen LogP contribution in [0.25, 0.3) is 0 Å². The Hall–Kier alpha value is 0.360. The van der Waals surface area contributed by atoms with E-state index >= 15 is 0 Å². The molecule has 0 aromatic rings. The molecule has 1 N–H and O–H groups in total. The largest absolute Gasteiger partial charge is 0.396 e. The summed E-state index contributed by atoms with van der Waals surface area (Å²) >= 11 is 3.20. The van der Waals surface area contributed by atoms with Gasteiger partial charge in [0.25, 0.3) is 0 Å². The fraction of sp³-hybridized carbons (Fsp3) is 1.00. The SMILES string of the molecule is CN(Br)OCCCCCCCCCCCCO. The van der Waals surface area contributed by atoms with Crippen LogP contribution in [0.5, 0.6) is 0 Å². The van der Waals surface area contributed by atoms with E-state index in [1.54, 1.807) is 4.09 Å². The number of hydroxylamine groups is 1. The van der Waals surface area contributed by atoms with Crippen molar-refractivity contribution in [1.82, 2.24) is 4.09 Å². The Balaban J connectivity index is 2.89. The highest BCUT2D eigenvalue weighted by molar-refractivity contribution is 9.07. The molecule has 0 saturated carbocycles. The van der Waals surface area contributed by atoms with Gasteiger partial charge in [0.1, 0.15) is 0 Å². The quantitative estimate of drug-likeness (QED) is 0.316. The van der Waals surface area contributed by atoms with E-state index in [1.807, 2.05) is 7.05 Å². The first kappa shape index (κ1) is 17.4. The van der Waals surface area contributed by atoms with Gasteiger partial charge in [0.15, 0.2) is 0 Å². The summed E-state index contributed by atoms with van der Waals surface area (Å²) < 4.78 is 1.58. The third-order valence-corrected chi connectivity index (χ3v) is 3.03. The van der Waals surface area contributed by atoms with Gasteiger partial charge in [0, 0.05) is 29.8 Å². The van der Waals surface area contributed by atoms with Crippen molar-refractivity contribution in [2.24, 2.45) is 0 Å². The minimum Gasteiger partial charge on any atom is -0.396 e. The monoisotopic (exact) mass is 309 g/mol. The molecule has 0 aliphatic heterocycles. The van der Waals surface area contributed by atoms with Crippen molar-refractivity contribution in [3.05, 3.63) is 0 Å². The van der Waals surface area contributed by atoms with E-state index in [0.717, 1.165) is 19.4 Å². The van der Waals surface area contributed by atoms with Gasteiger partial charge in [-0.15, -0.1) is 4.09 Å². The topological polar surface area (TPSA) is 32.7 Å². The molecule has 17 heavy (non-hydrogen) atoms. The summed E-state index contributed by atoms with van der Waals surface area (Å²) in [5.41, 5.74) is 0. The molecular formula is C13H28BrNO2. The molecule has 0 aromatic carbocycles. The van der Waals surface area contributed by atoms with Crippen LogP contribution >= 0.6 is 16.1 Å². The molecule has 0 radical (unpaired) electrons. The Morgan fingerprint density at radius 3 is 1.65 bits per heavy atom. The fourth-order valence-electron chi connectivity index (χ4n) is 1.82. The minimum absolute atomic E-state index is 0.353. The summed E-state index contributed by atoms with van der Waals surface area (Å²) in [4.78, 5) is 5.25. The Labute approximate surface area is 115 Å². The van der Waals surface area contributed by atoms with Crippen molar-refractivity contribution in [1.29, 1.82) is 0 Å². The molecule has 4 heteroatoms. The van der Waals surface area contributed by atoms with E-state index in [2.05, 4.69) is 16.1 Å². The number of nitrogens with zero attached hydrogens (tertiary/aromatic N) is 1. The van der Waals surface area contributed by atoms with Gasteiger partial charge >= 0.3 is 0 Å². The van der Waals surface area contributed by atoms with Gasteiger partial charge in [-0.2, -0.15) is 0 Å². The van der Waals surface area contributed by atoms with Gasteiger partial charge in [-0.3, -0.25) is 4.84 Å². The molecule has 3 nitrogen and oxygen atoms in total. The lowest BCUT2D eigenvalue weighted by atomic mass is 10.1. The zero-order valence-corrected chi connectivity index (χ0v) is 12.8. The number of aliphatic hydroxyl groups excluding tert-OH is 1. The summed E-state index contributed by atoms with van der Waals surface area (Å²) in [6.07, 6.45) is 12.6. The van der Waals surface area contributed by atoms with Crippen LogP contribution in [0, 0.1) is 0 Å². The Bertz CT molecular complexity index is 145. The minimum atomic E-state index is 0.353. The van der Waals surface area contributed by atoms with E-state index in [0.29, 0.717) is 6.61 Å². The highest BCUT2D eigenvalue weighted by atomic mass is 79.9. The summed E-state index contributed by atoms with van der Waals surface area (Å²) in [5, 5.41) is 8.63. The molecule has 104 valence electrons. The van der Waals surface area contributed by atoms with E-state index in [-0.39, 0.29) is 0 Å². The maximum Gasteiger partial charge on any atom is 0.0695 e. The van der Waals surface area contributed by atoms with E-state index in [4.69, 9.17) is 9.94 Å². The molecule has 0 rings (SSSR count). The Morgan fingerprint density at radius 2 is 1.24 bits per heavy atom. The van der Waals surface area contributed by atoms with Gasteiger partial charge in [-0.1, -0.05) is 51.4 Å². The van der Waals surface area contributed by atoms with E-state index in [9.17, 15) is 0 Å². The zero-order valence-electron chi connectivity index (χ0n) is 11.2. The summed E-state index contributed by atoms with van der Waals surface area (Å²) in [7, 11) is 1.84. The van der Waals surface area contributed by atoms with Gasteiger partial charge in [0.2, 0.25) is 0 Å². The molecule has 0 aromatic heterocycles. The standard InChI is InChI=1S/C13H28BrNO2/c1-15(14)17-13-11-9-7-5-3-2-4-6-8-10-12-16/h16H,2-13H2,1H3. The van der Waals surface area contributed by atoms with Crippen LogP contribution in [0.4, 0.5) is 0 Å². The summed E-state index contributed by atoms with van der Waals surface area (Å²) in [5.74, 6) is 0. The number of aliphatic hydroxyl groups is 1. The third kappa shape index (κ3) is 16.4. The van der Waals surface area contributed by atoms with Crippen LogP contribution in [-0.2, 0) is 4.84 Å². The third-order valence-electron chi connectivity index (χ3n) is 2.82. The zero-order chi connectivity index (χ0) is 12.8. The van der Waals surface area contributed by atoms with Crippen LogP contribution in [0.15, 0.2) is 0 Å². The van der Waals surface area contributed by atoms with Crippen LogP contribution in [0.1, 0.15) is 64.2 Å². The van der Waals surface area contributed by atoms with Gasteiger partial charge in [0.05, 0.1) is 6.61 Å². The molecule has 0 atom stereocenters. The molecule has 0 heterocycles. The van der Waals surface area contributed by atoms with Crippen molar-refractivity contribution < 1.29 is 9.94 Å². The van der Waals surface area contributed by atoms with Crippen molar-refractivity contribution in [2.45, 2.75) is 64.2 Å². The average Bonchev–Trinajstić information content (AvgIpc) is 2.30. The Kier molecular flexibility index (Phi) is 14.7. The van der Waals surface area contributed by atoms with E-state index < -0.39 is 0 Å². The highest BCUT2D eigenvalue weighted by Crippen LogP contribution is 2.10. The second-order valence-corrected chi connectivity index (χ2v) is 5.51. The fourth-order valence-corrected chi connectivity index (χ4v) is 1.96. The second kappa shape index (κ2) is 14.4. The van der Waals surface area contributed by atoms with Crippen LogP contribution in [0.3, 0.4) is 0 Å². The van der Waals surface area contributed by atoms with Crippen molar-refractivity contribution in [2.75, 3.05) is 20.3 Å². The maximum atomic E-state index is 8.63.